The van der Waals surface area contributed by atoms with E-state index in [2.05, 4.69) is 23.6 Å². The predicted octanol–water partition coefficient (Wildman–Crippen LogP) is 7.07. The van der Waals surface area contributed by atoms with Gasteiger partial charge in [-0.25, -0.2) is 4.57 Å². The third-order valence-corrected chi connectivity index (χ3v) is 6.13. The van der Waals surface area contributed by atoms with E-state index < -0.39 is 13.9 Å². The smallest absolute Gasteiger partial charge is 0.394 e. The van der Waals surface area contributed by atoms with Gasteiger partial charge in [0.05, 0.1) is 13.2 Å². The SMILES string of the molecule is CCCCCCCC/C=C\CCCCCCCCCCCCO[C@H](CO)COP(=O)(O)O. The first-order valence-electron chi connectivity index (χ1n) is 13.1. The lowest BCUT2D eigenvalue weighted by molar-refractivity contribution is -0.0205. The van der Waals surface area contributed by atoms with Crippen LogP contribution in [0.3, 0.4) is 0 Å². The molecule has 0 aromatic carbocycles. The van der Waals surface area contributed by atoms with Crippen molar-refractivity contribution in [1.29, 1.82) is 0 Å². The zero-order valence-electron chi connectivity index (χ0n) is 20.6. The monoisotopic (exact) mass is 478 g/mol. The van der Waals surface area contributed by atoms with Crippen molar-refractivity contribution < 1.29 is 28.7 Å². The molecule has 0 fully saturated rings. The van der Waals surface area contributed by atoms with Crippen molar-refractivity contribution in [1.82, 2.24) is 0 Å². The summed E-state index contributed by atoms with van der Waals surface area (Å²) < 4.78 is 20.4. The fourth-order valence-corrected chi connectivity index (χ4v) is 4.00. The Kier molecular flexibility index (Phi) is 23.7. The van der Waals surface area contributed by atoms with E-state index in [9.17, 15) is 4.57 Å². The van der Waals surface area contributed by atoms with Crippen molar-refractivity contribution in [2.24, 2.45) is 0 Å². The number of ether oxygens (including phenoxy) is 1. The van der Waals surface area contributed by atoms with Crippen LogP contribution in [0.15, 0.2) is 12.2 Å². The molecule has 0 aromatic heterocycles. The van der Waals surface area contributed by atoms with Crippen LogP contribution in [-0.4, -0.2) is 40.8 Å². The highest BCUT2D eigenvalue weighted by Crippen LogP contribution is 2.35. The van der Waals surface area contributed by atoms with Gasteiger partial charge in [0.15, 0.2) is 0 Å². The van der Waals surface area contributed by atoms with Crippen molar-refractivity contribution in [3.8, 4) is 0 Å². The quantitative estimate of drug-likeness (QED) is 0.0737. The van der Waals surface area contributed by atoms with Gasteiger partial charge in [-0.2, -0.15) is 0 Å². The summed E-state index contributed by atoms with van der Waals surface area (Å²) >= 11 is 0. The van der Waals surface area contributed by atoms with Gasteiger partial charge in [-0.05, 0) is 32.1 Å². The van der Waals surface area contributed by atoms with E-state index in [4.69, 9.17) is 19.6 Å². The molecule has 0 aliphatic carbocycles. The molecule has 0 aliphatic heterocycles. The van der Waals surface area contributed by atoms with Crippen molar-refractivity contribution in [3.63, 3.8) is 0 Å². The molecule has 0 amide bonds. The molecule has 0 saturated carbocycles. The van der Waals surface area contributed by atoms with E-state index in [-0.39, 0.29) is 13.2 Å². The molecular weight excluding hydrogens is 427 g/mol. The van der Waals surface area contributed by atoms with Crippen LogP contribution in [0.25, 0.3) is 0 Å². The summed E-state index contributed by atoms with van der Waals surface area (Å²) in [6.45, 7) is 2.14. The lowest BCUT2D eigenvalue weighted by Gasteiger charge is -2.15. The molecule has 0 aromatic rings. The van der Waals surface area contributed by atoms with Gasteiger partial charge in [0.1, 0.15) is 6.10 Å². The average Bonchev–Trinajstić information content (AvgIpc) is 2.76. The number of phosphoric ester groups is 1. The molecule has 32 heavy (non-hydrogen) atoms. The van der Waals surface area contributed by atoms with Gasteiger partial charge in [-0.15, -0.1) is 0 Å². The summed E-state index contributed by atoms with van der Waals surface area (Å²) in [5.74, 6) is 0. The third kappa shape index (κ3) is 26.0. The van der Waals surface area contributed by atoms with Crippen LogP contribution in [0.5, 0.6) is 0 Å². The summed E-state index contributed by atoms with van der Waals surface area (Å²) in [5, 5.41) is 9.13. The van der Waals surface area contributed by atoms with Crippen LogP contribution < -0.4 is 0 Å². The van der Waals surface area contributed by atoms with Crippen LogP contribution >= 0.6 is 7.82 Å². The van der Waals surface area contributed by atoms with Gasteiger partial charge < -0.3 is 19.6 Å². The molecule has 3 N–H and O–H groups in total. The number of aliphatic hydroxyl groups is 1. The van der Waals surface area contributed by atoms with Gasteiger partial charge in [-0.3, -0.25) is 4.52 Å². The number of allylic oxidation sites excluding steroid dienone is 2. The van der Waals surface area contributed by atoms with E-state index in [1.54, 1.807) is 0 Å². The summed E-state index contributed by atoms with van der Waals surface area (Å²) in [7, 11) is -4.51. The fraction of sp³-hybridized carbons (Fsp3) is 0.920. The van der Waals surface area contributed by atoms with Crippen LogP contribution in [0.4, 0.5) is 0 Å². The van der Waals surface area contributed by atoms with E-state index in [0.717, 1.165) is 12.8 Å². The van der Waals surface area contributed by atoms with E-state index >= 15 is 0 Å². The second-order valence-corrected chi connectivity index (χ2v) is 10.1. The number of unbranched alkanes of at least 4 members (excludes halogenated alkanes) is 16. The minimum atomic E-state index is -4.51. The van der Waals surface area contributed by atoms with Crippen molar-refractivity contribution in [3.05, 3.63) is 12.2 Å². The minimum Gasteiger partial charge on any atom is -0.394 e. The first-order valence-corrected chi connectivity index (χ1v) is 14.6. The first kappa shape index (κ1) is 31.8. The molecule has 6 nitrogen and oxygen atoms in total. The Morgan fingerprint density at radius 3 is 1.59 bits per heavy atom. The molecule has 7 heteroatoms. The minimum absolute atomic E-state index is 0.295. The highest BCUT2D eigenvalue weighted by molar-refractivity contribution is 7.46. The number of rotatable bonds is 25. The normalized spacial score (nSPS) is 13.2. The standard InChI is InChI=1S/C25H51O6P/c1-2-3-4-5-6-7-8-9-10-11-12-13-14-15-16-17-18-19-20-21-22-30-25(23-26)24-31-32(27,28)29/h9-10,25-26H,2-8,11-24H2,1H3,(H2,27,28,29)/b10-9-/t25-/m1/s1. The summed E-state index contributed by atoms with van der Waals surface area (Å²) in [4.78, 5) is 17.3. The molecule has 0 bridgehead atoms. The molecule has 0 aliphatic rings. The predicted molar refractivity (Wildman–Crippen MR) is 133 cm³/mol. The van der Waals surface area contributed by atoms with Crippen molar-refractivity contribution >= 4 is 7.82 Å². The molecule has 0 radical (unpaired) electrons. The third-order valence-electron chi connectivity index (χ3n) is 5.64. The van der Waals surface area contributed by atoms with Crippen LogP contribution in [-0.2, 0) is 13.8 Å². The van der Waals surface area contributed by atoms with Crippen molar-refractivity contribution in [2.75, 3.05) is 19.8 Å². The van der Waals surface area contributed by atoms with Gasteiger partial charge in [0.25, 0.3) is 0 Å². The lowest BCUT2D eigenvalue weighted by atomic mass is 10.1. The topological polar surface area (TPSA) is 96.2 Å². The van der Waals surface area contributed by atoms with Gasteiger partial charge in [-0.1, -0.05) is 103 Å². The largest absolute Gasteiger partial charge is 0.469 e. The van der Waals surface area contributed by atoms with Crippen LogP contribution in [0.1, 0.15) is 122 Å². The van der Waals surface area contributed by atoms with Gasteiger partial charge >= 0.3 is 7.82 Å². The Morgan fingerprint density at radius 1 is 0.719 bits per heavy atom. The molecular formula is C25H51O6P. The second kappa shape index (κ2) is 23.9. The Hall–Kier alpha value is -0.230. The van der Waals surface area contributed by atoms with Gasteiger partial charge in [0, 0.05) is 6.61 Å². The second-order valence-electron chi connectivity index (χ2n) is 8.81. The maximum atomic E-state index is 10.6. The average molecular weight is 479 g/mol. The summed E-state index contributed by atoms with van der Waals surface area (Å²) in [5.41, 5.74) is 0. The highest BCUT2D eigenvalue weighted by atomic mass is 31.2. The fourth-order valence-electron chi connectivity index (χ4n) is 3.64. The molecule has 0 unspecified atom stereocenters. The number of hydrogen-bond donors (Lipinski definition) is 3. The Bertz CT molecular complexity index is 452. The maximum Gasteiger partial charge on any atom is 0.469 e. The zero-order chi connectivity index (χ0) is 23.8. The zero-order valence-corrected chi connectivity index (χ0v) is 21.5. The van der Waals surface area contributed by atoms with Crippen LogP contribution in [0, 0.1) is 0 Å². The summed E-state index contributed by atoms with van der Waals surface area (Å²) in [6, 6.07) is 0. The first-order chi connectivity index (χ1) is 15.5. The Balaban J connectivity index is 3.26. The Morgan fingerprint density at radius 2 is 1.16 bits per heavy atom. The molecule has 1 atom stereocenters. The van der Waals surface area contributed by atoms with E-state index in [1.165, 1.54) is 103 Å². The summed E-state index contributed by atoms with van der Waals surface area (Å²) in [6.07, 6.45) is 27.2. The molecule has 0 saturated heterocycles. The van der Waals surface area contributed by atoms with Crippen molar-refractivity contribution in [2.45, 2.75) is 129 Å². The molecule has 0 rings (SSSR count). The molecule has 0 spiro atoms. The molecule has 192 valence electrons. The molecule has 0 heterocycles. The van der Waals surface area contributed by atoms with E-state index in [0.29, 0.717) is 6.61 Å². The lowest BCUT2D eigenvalue weighted by Crippen LogP contribution is -2.24. The van der Waals surface area contributed by atoms with Gasteiger partial charge in [0.2, 0.25) is 0 Å². The number of aliphatic hydroxyl groups excluding tert-OH is 1. The number of hydrogen-bond acceptors (Lipinski definition) is 4. The highest BCUT2D eigenvalue weighted by Gasteiger charge is 2.18. The van der Waals surface area contributed by atoms with E-state index in [1.807, 2.05) is 0 Å². The van der Waals surface area contributed by atoms with Crippen LogP contribution in [0.2, 0.25) is 0 Å². The Labute approximate surface area is 197 Å². The number of phosphoric acid groups is 1. The maximum absolute atomic E-state index is 10.6.